The molecule has 0 radical (unpaired) electrons. The van der Waals surface area contributed by atoms with E-state index in [-0.39, 0.29) is 0 Å². The largest absolute Gasteiger partial charge is 0.324 e. The number of hydrogen-bond acceptors (Lipinski definition) is 1. The van der Waals surface area contributed by atoms with Gasteiger partial charge in [-0.2, -0.15) is 0 Å². The van der Waals surface area contributed by atoms with Crippen LogP contribution in [0.2, 0.25) is 0 Å². The summed E-state index contributed by atoms with van der Waals surface area (Å²) in [6, 6.07) is -0.404. The van der Waals surface area contributed by atoms with Gasteiger partial charge in [-0.3, -0.25) is 0 Å². The molecule has 1 saturated carbocycles. The smallest absolute Gasteiger partial charge is 0.200 e. The third kappa shape index (κ3) is 0.502. The molecule has 6 heavy (non-hydrogen) atoms. The molecule has 1 aliphatic rings. The van der Waals surface area contributed by atoms with Gasteiger partial charge in [-0.15, -0.1) is 0 Å². The lowest BCUT2D eigenvalue weighted by atomic mass is 10.8. The van der Waals surface area contributed by atoms with Gasteiger partial charge in [-0.1, -0.05) is 11.6 Å². The molecule has 0 amide bonds. The molecule has 0 aromatic heterocycles. The van der Waals surface area contributed by atoms with Crippen molar-refractivity contribution in [1.82, 2.24) is 0 Å². The van der Waals surface area contributed by atoms with Crippen LogP contribution < -0.4 is 5.73 Å². The molecule has 1 unspecified atom stereocenters. The van der Waals surface area contributed by atoms with Crippen molar-refractivity contribution in [1.29, 1.82) is 0 Å². The van der Waals surface area contributed by atoms with E-state index in [9.17, 15) is 4.39 Å². The molecule has 1 aliphatic carbocycles. The number of nitrogens with two attached hydrogens (primary N) is 1. The molecule has 1 rings (SSSR count). The van der Waals surface area contributed by atoms with Gasteiger partial charge in [0.2, 0.25) is 0 Å². The van der Waals surface area contributed by atoms with E-state index in [0.29, 0.717) is 6.42 Å². The lowest BCUT2D eigenvalue weighted by Crippen LogP contribution is -2.07. The van der Waals surface area contributed by atoms with Crippen molar-refractivity contribution in [3.8, 4) is 0 Å². The van der Waals surface area contributed by atoms with E-state index in [2.05, 4.69) is 0 Å². The van der Waals surface area contributed by atoms with Crippen molar-refractivity contribution in [2.45, 2.75) is 17.6 Å². The molecule has 0 spiro atoms. The second kappa shape index (κ2) is 0.873. The Balaban J connectivity index is 2.41. The second-order valence-corrected chi connectivity index (χ2v) is 2.20. The van der Waals surface area contributed by atoms with Crippen molar-refractivity contribution < 1.29 is 4.39 Å². The van der Waals surface area contributed by atoms with Gasteiger partial charge >= 0.3 is 0 Å². The Morgan fingerprint density at radius 2 is 2.17 bits per heavy atom. The Bertz CT molecular complexity index is 73.2. The second-order valence-electron chi connectivity index (χ2n) is 1.57. The van der Waals surface area contributed by atoms with E-state index in [1.807, 2.05) is 0 Å². The van der Waals surface area contributed by atoms with Gasteiger partial charge in [0, 0.05) is 6.42 Å². The monoisotopic (exact) mass is 109 g/mol. The van der Waals surface area contributed by atoms with E-state index in [1.54, 1.807) is 0 Å². The summed E-state index contributed by atoms with van der Waals surface area (Å²) in [5.74, 6) is 0. The Hall–Kier alpha value is 0.180. The third-order valence-corrected chi connectivity index (χ3v) is 1.31. The Labute approximate surface area is 40.3 Å². The molecule has 2 N–H and O–H groups in total. The fourth-order valence-corrected chi connectivity index (χ4v) is 0.401. The van der Waals surface area contributed by atoms with Crippen LogP contribution in [0, 0.1) is 0 Å². The maximum atomic E-state index is 11.8. The number of hydrogen-bond donors (Lipinski definition) is 1. The van der Waals surface area contributed by atoms with E-state index in [0.717, 1.165) is 0 Å². The maximum absolute atomic E-state index is 11.8. The minimum absolute atomic E-state index is 0.314. The van der Waals surface area contributed by atoms with Crippen molar-refractivity contribution in [2.75, 3.05) is 0 Å². The number of alkyl halides is 2. The normalized spacial score (nSPS) is 55.5. The number of halogens is 2. The molecule has 0 aliphatic heterocycles. The molecule has 36 valence electrons. The predicted octanol–water partition coefficient (Wildman–Crippen LogP) is 0.622. The van der Waals surface area contributed by atoms with Crippen LogP contribution in [-0.2, 0) is 0 Å². The lowest BCUT2D eigenvalue weighted by molar-refractivity contribution is 0.416. The summed E-state index contributed by atoms with van der Waals surface area (Å²) >= 11 is 5.00. The maximum Gasteiger partial charge on any atom is 0.200 e. The topological polar surface area (TPSA) is 26.0 Å². The minimum Gasteiger partial charge on any atom is -0.324 e. The van der Waals surface area contributed by atoms with Gasteiger partial charge in [0.05, 0.1) is 6.04 Å². The van der Waals surface area contributed by atoms with Crippen molar-refractivity contribution in [3.05, 3.63) is 0 Å². The average molecular weight is 110 g/mol. The Morgan fingerprint density at radius 3 is 2.17 bits per heavy atom. The van der Waals surface area contributed by atoms with Crippen LogP contribution in [0.3, 0.4) is 0 Å². The summed E-state index contributed by atoms with van der Waals surface area (Å²) in [4.78, 5) is 0. The average Bonchev–Trinajstić information content (AvgIpc) is 1.73. The number of rotatable bonds is 0. The van der Waals surface area contributed by atoms with Gasteiger partial charge in [0.25, 0.3) is 0 Å². The first-order valence-corrected chi connectivity index (χ1v) is 2.14. The van der Waals surface area contributed by atoms with E-state index >= 15 is 0 Å². The first-order chi connectivity index (χ1) is 2.63. The molecular formula is C3H5ClFN. The molecule has 0 bridgehead atoms. The summed E-state index contributed by atoms with van der Waals surface area (Å²) < 4.78 is 11.8. The zero-order valence-corrected chi connectivity index (χ0v) is 3.87. The fourth-order valence-electron chi connectivity index (χ4n) is 0.234. The van der Waals surface area contributed by atoms with Crippen LogP contribution in [0.4, 0.5) is 4.39 Å². The first-order valence-electron chi connectivity index (χ1n) is 1.76. The molecule has 2 atom stereocenters. The summed E-state index contributed by atoms with van der Waals surface area (Å²) in [6.45, 7) is 0. The van der Waals surface area contributed by atoms with Crippen LogP contribution in [0.15, 0.2) is 0 Å². The fraction of sp³-hybridized carbons (Fsp3) is 1.00. The highest BCUT2D eigenvalue weighted by molar-refractivity contribution is 6.25. The Morgan fingerprint density at radius 1 is 2.00 bits per heavy atom. The highest BCUT2D eigenvalue weighted by Gasteiger charge is 2.51. The zero-order chi connectivity index (χ0) is 4.78. The summed E-state index contributed by atoms with van der Waals surface area (Å²) in [5, 5.41) is -1.54. The van der Waals surface area contributed by atoms with Gasteiger partial charge in [0.1, 0.15) is 0 Å². The molecule has 1 nitrogen and oxygen atoms in total. The summed E-state index contributed by atoms with van der Waals surface area (Å²) in [5.41, 5.74) is 4.99. The molecule has 0 heterocycles. The molecule has 0 aromatic rings. The zero-order valence-electron chi connectivity index (χ0n) is 3.12. The quantitative estimate of drug-likeness (QED) is 0.454. The summed E-state index contributed by atoms with van der Waals surface area (Å²) in [6.07, 6.45) is 0.314. The van der Waals surface area contributed by atoms with Crippen molar-refractivity contribution in [2.24, 2.45) is 5.73 Å². The SMILES string of the molecule is NC1C[C@]1(F)Cl. The summed E-state index contributed by atoms with van der Waals surface area (Å²) in [7, 11) is 0. The van der Waals surface area contributed by atoms with Crippen LogP contribution in [-0.4, -0.2) is 11.2 Å². The van der Waals surface area contributed by atoms with Gasteiger partial charge in [-0.25, -0.2) is 4.39 Å². The highest BCUT2D eigenvalue weighted by atomic mass is 35.5. The van der Waals surface area contributed by atoms with Crippen LogP contribution in [0.1, 0.15) is 6.42 Å². The van der Waals surface area contributed by atoms with Crippen LogP contribution in [0.5, 0.6) is 0 Å². The van der Waals surface area contributed by atoms with Gasteiger partial charge < -0.3 is 5.73 Å². The molecule has 0 saturated heterocycles. The Kier molecular flexibility index (Phi) is 0.632. The van der Waals surface area contributed by atoms with Crippen molar-refractivity contribution in [3.63, 3.8) is 0 Å². The van der Waals surface area contributed by atoms with Crippen molar-refractivity contribution >= 4 is 11.6 Å². The molecular weight excluding hydrogens is 104 g/mol. The van der Waals surface area contributed by atoms with Gasteiger partial charge in [0.15, 0.2) is 5.13 Å². The van der Waals surface area contributed by atoms with Crippen LogP contribution in [0.25, 0.3) is 0 Å². The van der Waals surface area contributed by atoms with E-state index < -0.39 is 11.2 Å². The highest BCUT2D eigenvalue weighted by Crippen LogP contribution is 2.42. The first kappa shape index (κ1) is 4.34. The van der Waals surface area contributed by atoms with Crippen LogP contribution >= 0.6 is 11.6 Å². The van der Waals surface area contributed by atoms with E-state index in [1.165, 1.54) is 0 Å². The molecule has 3 heteroatoms. The third-order valence-electron chi connectivity index (χ3n) is 0.874. The molecule has 0 aromatic carbocycles. The standard InChI is InChI=1S/C3H5ClFN/c4-3(5)1-2(3)6/h2H,1,6H2/t2?,3-/m1/s1. The van der Waals surface area contributed by atoms with E-state index in [4.69, 9.17) is 17.3 Å². The predicted molar refractivity (Wildman–Crippen MR) is 22.3 cm³/mol. The molecule has 1 fully saturated rings. The van der Waals surface area contributed by atoms with Gasteiger partial charge in [-0.05, 0) is 0 Å². The minimum atomic E-state index is -1.54. The lowest BCUT2D eigenvalue weighted by Gasteiger charge is -1.84.